The first-order valence-corrected chi connectivity index (χ1v) is 9.51. The molecular formula is C14H19NS3. The second-order valence-electron chi connectivity index (χ2n) is 4.38. The van der Waals surface area contributed by atoms with Gasteiger partial charge >= 0.3 is 0 Å². The number of hydrogen-bond donors (Lipinski definition) is 0. The van der Waals surface area contributed by atoms with Crippen molar-refractivity contribution in [2.24, 2.45) is 0 Å². The highest BCUT2D eigenvalue weighted by Crippen LogP contribution is 2.39. The highest BCUT2D eigenvalue weighted by atomic mass is 32.2. The summed E-state index contributed by atoms with van der Waals surface area (Å²) < 4.78 is 1.48. The minimum atomic E-state index is 1.13. The lowest BCUT2D eigenvalue weighted by Crippen LogP contribution is -2.00. The third kappa shape index (κ3) is 3.43. The molecule has 1 aliphatic carbocycles. The van der Waals surface area contributed by atoms with Gasteiger partial charge in [-0.1, -0.05) is 0 Å². The molecule has 1 saturated carbocycles. The Balaban J connectivity index is 2.33. The van der Waals surface area contributed by atoms with Gasteiger partial charge in [-0.25, -0.2) is 4.98 Å². The number of aryl methyl sites for hydroxylation is 1. The van der Waals surface area contributed by atoms with E-state index in [0.717, 1.165) is 10.7 Å². The Bertz CT molecular complexity index is 465. The van der Waals surface area contributed by atoms with Crippen LogP contribution in [0.1, 0.15) is 36.4 Å². The summed E-state index contributed by atoms with van der Waals surface area (Å²) in [7, 11) is 0. The van der Waals surface area contributed by atoms with Gasteiger partial charge in [0.2, 0.25) is 0 Å². The van der Waals surface area contributed by atoms with Crippen molar-refractivity contribution in [2.45, 2.75) is 32.6 Å². The molecule has 0 spiro atoms. The molecule has 1 aromatic rings. The Morgan fingerprint density at radius 3 is 2.61 bits per heavy atom. The lowest BCUT2D eigenvalue weighted by Gasteiger charge is -2.20. The van der Waals surface area contributed by atoms with Crippen molar-refractivity contribution in [3.05, 3.63) is 31.5 Å². The van der Waals surface area contributed by atoms with Crippen molar-refractivity contribution in [1.82, 2.24) is 4.98 Å². The standard InChI is InChI=1S/C14H19NS3/c1-10-9-18-13(15-10)8-11-6-4-5-7-12(11)14(16-2)17-3/h8-9H,4-7H2,1-3H3/b11-8+. The molecule has 1 aromatic heterocycles. The summed E-state index contributed by atoms with van der Waals surface area (Å²) in [5.74, 6) is 0. The van der Waals surface area contributed by atoms with Crippen LogP contribution in [0.25, 0.3) is 6.08 Å². The summed E-state index contributed by atoms with van der Waals surface area (Å²) >= 11 is 5.51. The van der Waals surface area contributed by atoms with Gasteiger partial charge in [-0.2, -0.15) is 0 Å². The van der Waals surface area contributed by atoms with Gasteiger partial charge in [-0.05, 0) is 62.3 Å². The number of thioether (sulfide) groups is 2. The summed E-state index contributed by atoms with van der Waals surface area (Å²) in [4.78, 5) is 4.56. The van der Waals surface area contributed by atoms with Gasteiger partial charge in [0.25, 0.3) is 0 Å². The number of nitrogens with zero attached hydrogens (tertiary/aromatic N) is 1. The fourth-order valence-corrected chi connectivity index (χ4v) is 4.62. The molecule has 4 heteroatoms. The molecule has 0 saturated heterocycles. The second kappa shape index (κ2) is 6.83. The maximum Gasteiger partial charge on any atom is 0.116 e. The van der Waals surface area contributed by atoms with Crippen LogP contribution in [0.3, 0.4) is 0 Å². The van der Waals surface area contributed by atoms with E-state index in [4.69, 9.17) is 0 Å². The molecule has 0 unspecified atom stereocenters. The highest BCUT2D eigenvalue weighted by Gasteiger charge is 2.16. The molecule has 1 nitrogen and oxygen atoms in total. The molecule has 1 aliphatic rings. The number of aromatic nitrogens is 1. The minimum absolute atomic E-state index is 1.13. The van der Waals surface area contributed by atoms with Crippen molar-refractivity contribution >= 4 is 40.9 Å². The van der Waals surface area contributed by atoms with Crippen LogP contribution in [0.15, 0.2) is 20.8 Å². The van der Waals surface area contributed by atoms with Crippen LogP contribution < -0.4 is 0 Å². The van der Waals surface area contributed by atoms with Crippen molar-refractivity contribution in [2.75, 3.05) is 12.5 Å². The molecule has 98 valence electrons. The van der Waals surface area contributed by atoms with Crippen molar-refractivity contribution < 1.29 is 0 Å². The van der Waals surface area contributed by atoms with Crippen LogP contribution in [0.5, 0.6) is 0 Å². The largest absolute Gasteiger partial charge is 0.242 e. The van der Waals surface area contributed by atoms with Gasteiger partial charge in [-0.3, -0.25) is 0 Å². The SMILES string of the molecule is CSC(SC)=C1CCCC/C1=C\c1nc(C)cs1. The van der Waals surface area contributed by atoms with Gasteiger partial charge in [0, 0.05) is 15.3 Å². The quantitative estimate of drug-likeness (QED) is 0.746. The average molecular weight is 298 g/mol. The lowest BCUT2D eigenvalue weighted by atomic mass is 9.90. The van der Waals surface area contributed by atoms with Crippen molar-refractivity contribution in [3.8, 4) is 0 Å². The number of allylic oxidation sites excluding steroid dienone is 2. The molecule has 0 radical (unpaired) electrons. The van der Waals surface area contributed by atoms with E-state index in [9.17, 15) is 0 Å². The van der Waals surface area contributed by atoms with E-state index >= 15 is 0 Å². The van der Waals surface area contributed by atoms with Gasteiger partial charge < -0.3 is 0 Å². The molecule has 1 fully saturated rings. The Morgan fingerprint density at radius 1 is 1.28 bits per heavy atom. The zero-order valence-electron chi connectivity index (χ0n) is 11.2. The van der Waals surface area contributed by atoms with E-state index in [0.29, 0.717) is 0 Å². The Kier molecular flexibility index (Phi) is 5.39. The van der Waals surface area contributed by atoms with E-state index in [1.807, 2.05) is 23.5 Å². The third-order valence-electron chi connectivity index (χ3n) is 3.06. The van der Waals surface area contributed by atoms with E-state index < -0.39 is 0 Å². The van der Waals surface area contributed by atoms with Crippen LogP contribution in [-0.4, -0.2) is 17.5 Å². The van der Waals surface area contributed by atoms with Crippen LogP contribution in [0.2, 0.25) is 0 Å². The molecule has 2 rings (SSSR count). The van der Waals surface area contributed by atoms with Crippen LogP contribution in [0, 0.1) is 6.92 Å². The van der Waals surface area contributed by atoms with E-state index in [1.54, 1.807) is 16.9 Å². The van der Waals surface area contributed by atoms with E-state index in [1.165, 1.54) is 35.5 Å². The molecule has 0 atom stereocenters. The number of hydrogen-bond acceptors (Lipinski definition) is 4. The zero-order valence-corrected chi connectivity index (χ0v) is 13.6. The first-order valence-electron chi connectivity index (χ1n) is 6.18. The molecular weight excluding hydrogens is 278 g/mol. The first kappa shape index (κ1) is 14.2. The Hall–Kier alpha value is -0.190. The van der Waals surface area contributed by atoms with Gasteiger partial charge in [-0.15, -0.1) is 34.9 Å². The van der Waals surface area contributed by atoms with Crippen molar-refractivity contribution in [1.29, 1.82) is 0 Å². The molecule has 0 aromatic carbocycles. The first-order chi connectivity index (χ1) is 8.74. The van der Waals surface area contributed by atoms with E-state index in [-0.39, 0.29) is 0 Å². The van der Waals surface area contributed by atoms with Gasteiger partial charge in [0.1, 0.15) is 5.01 Å². The molecule has 0 amide bonds. The summed E-state index contributed by atoms with van der Waals surface area (Å²) in [5, 5.41) is 3.28. The fraction of sp³-hybridized carbons (Fsp3) is 0.500. The predicted molar refractivity (Wildman–Crippen MR) is 87.4 cm³/mol. The molecule has 0 bridgehead atoms. The van der Waals surface area contributed by atoms with Gasteiger partial charge in [0.05, 0.1) is 0 Å². The normalized spacial score (nSPS) is 18.4. The van der Waals surface area contributed by atoms with Crippen LogP contribution in [-0.2, 0) is 0 Å². The summed E-state index contributed by atoms with van der Waals surface area (Å²) in [6, 6.07) is 0. The molecule has 1 heterocycles. The maximum absolute atomic E-state index is 4.56. The Morgan fingerprint density at radius 2 is 2.00 bits per heavy atom. The summed E-state index contributed by atoms with van der Waals surface area (Å²) in [6.07, 6.45) is 11.7. The Labute approximate surface area is 122 Å². The van der Waals surface area contributed by atoms with Gasteiger partial charge in [0.15, 0.2) is 0 Å². The number of thiazole rings is 1. The smallest absolute Gasteiger partial charge is 0.116 e. The third-order valence-corrected chi connectivity index (χ3v) is 6.21. The molecule has 0 N–H and O–H groups in total. The summed E-state index contributed by atoms with van der Waals surface area (Å²) in [6.45, 7) is 2.06. The summed E-state index contributed by atoms with van der Waals surface area (Å²) in [5.41, 5.74) is 4.20. The molecule has 0 aliphatic heterocycles. The van der Waals surface area contributed by atoms with E-state index in [2.05, 4.69) is 35.9 Å². The lowest BCUT2D eigenvalue weighted by molar-refractivity contribution is 0.682. The number of rotatable bonds is 3. The van der Waals surface area contributed by atoms with Crippen LogP contribution >= 0.6 is 34.9 Å². The second-order valence-corrected chi connectivity index (χ2v) is 7.16. The predicted octanol–water partition coefficient (Wildman–Crippen LogP) is 5.35. The topological polar surface area (TPSA) is 12.9 Å². The minimum Gasteiger partial charge on any atom is -0.242 e. The maximum atomic E-state index is 4.56. The van der Waals surface area contributed by atoms with Crippen LogP contribution in [0.4, 0.5) is 0 Å². The highest BCUT2D eigenvalue weighted by molar-refractivity contribution is 8.21. The van der Waals surface area contributed by atoms with Crippen molar-refractivity contribution in [3.63, 3.8) is 0 Å². The average Bonchev–Trinajstić information content (AvgIpc) is 2.78. The molecule has 18 heavy (non-hydrogen) atoms. The fourth-order valence-electron chi connectivity index (χ4n) is 2.24. The zero-order chi connectivity index (χ0) is 13.0. The monoisotopic (exact) mass is 297 g/mol.